The van der Waals surface area contributed by atoms with Crippen LogP contribution in [-0.4, -0.2) is 51.8 Å². The second-order valence-electron chi connectivity index (χ2n) is 6.15. The van der Waals surface area contributed by atoms with E-state index in [0.717, 1.165) is 60.3 Å². The maximum absolute atomic E-state index is 6.19. The first-order valence-electron chi connectivity index (χ1n) is 8.69. The first kappa shape index (κ1) is 17.6. The maximum atomic E-state index is 6.19. The third kappa shape index (κ3) is 3.79. The van der Waals surface area contributed by atoms with E-state index in [1.807, 2.05) is 30.6 Å². The number of fused-ring (bicyclic) bond motifs is 1. The van der Waals surface area contributed by atoms with Crippen LogP contribution in [-0.2, 0) is 6.54 Å². The Morgan fingerprint density at radius 3 is 2.62 bits per heavy atom. The Kier molecular flexibility index (Phi) is 5.28. The largest absolute Gasteiger partial charge is 0.423 e. The molecule has 3 heterocycles. The highest BCUT2D eigenvalue weighted by molar-refractivity contribution is 7.99. The highest BCUT2D eigenvalue weighted by Gasteiger charge is 2.21. The number of hydrogen-bond donors (Lipinski definition) is 0. The van der Waals surface area contributed by atoms with Crippen molar-refractivity contribution in [3.63, 3.8) is 0 Å². The van der Waals surface area contributed by atoms with E-state index in [4.69, 9.17) is 16.0 Å². The van der Waals surface area contributed by atoms with E-state index in [9.17, 15) is 0 Å². The summed E-state index contributed by atoms with van der Waals surface area (Å²) in [5.41, 5.74) is 2.61. The smallest absolute Gasteiger partial charge is 0.298 e. The van der Waals surface area contributed by atoms with Crippen LogP contribution in [0.2, 0.25) is 5.02 Å². The average Bonchev–Trinajstić information content (AvgIpc) is 3.10. The van der Waals surface area contributed by atoms with Crippen molar-refractivity contribution in [1.82, 2.24) is 19.9 Å². The summed E-state index contributed by atoms with van der Waals surface area (Å²) in [6.45, 7) is 6.59. The number of nitrogens with zero attached hydrogens (tertiary/aromatic N) is 5. The molecule has 0 unspecified atom stereocenters. The third-order valence-corrected chi connectivity index (χ3v) is 5.43. The van der Waals surface area contributed by atoms with Crippen LogP contribution in [0.4, 0.5) is 6.01 Å². The molecule has 0 aliphatic carbocycles. The lowest BCUT2D eigenvalue weighted by molar-refractivity contribution is 0.245. The molecule has 0 N–H and O–H groups in total. The Bertz CT molecular complexity index is 877. The van der Waals surface area contributed by atoms with Gasteiger partial charge in [0, 0.05) is 50.7 Å². The fourth-order valence-electron chi connectivity index (χ4n) is 3.02. The molecule has 4 rings (SSSR count). The predicted molar refractivity (Wildman–Crippen MR) is 105 cm³/mol. The quantitative estimate of drug-likeness (QED) is 0.487. The van der Waals surface area contributed by atoms with E-state index < -0.39 is 0 Å². The van der Waals surface area contributed by atoms with Crippen molar-refractivity contribution in [2.45, 2.75) is 18.6 Å². The van der Waals surface area contributed by atoms with Gasteiger partial charge in [0.1, 0.15) is 5.52 Å². The first-order chi connectivity index (χ1) is 12.7. The van der Waals surface area contributed by atoms with Crippen LogP contribution in [0.3, 0.4) is 0 Å². The minimum Gasteiger partial charge on any atom is -0.423 e. The predicted octanol–water partition coefficient (Wildman–Crippen LogP) is 3.71. The number of piperazine rings is 1. The summed E-state index contributed by atoms with van der Waals surface area (Å²) in [5.74, 6) is 0.988. The molecule has 0 radical (unpaired) electrons. The van der Waals surface area contributed by atoms with E-state index in [1.165, 1.54) is 0 Å². The molecule has 26 heavy (non-hydrogen) atoms. The fraction of sp³-hybridized carbons (Fsp3) is 0.389. The molecule has 0 bridgehead atoms. The van der Waals surface area contributed by atoms with E-state index in [-0.39, 0.29) is 0 Å². The molecule has 1 fully saturated rings. The van der Waals surface area contributed by atoms with E-state index in [0.29, 0.717) is 11.0 Å². The zero-order valence-electron chi connectivity index (χ0n) is 14.6. The van der Waals surface area contributed by atoms with Crippen molar-refractivity contribution < 1.29 is 4.42 Å². The minimum absolute atomic E-state index is 0.626. The van der Waals surface area contributed by atoms with Gasteiger partial charge < -0.3 is 9.32 Å². The summed E-state index contributed by atoms with van der Waals surface area (Å²) in [5, 5.41) is 1.47. The molecule has 0 saturated carbocycles. The second-order valence-corrected chi connectivity index (χ2v) is 7.79. The molecule has 2 aromatic heterocycles. The number of oxazole rings is 1. The molecule has 0 spiro atoms. The van der Waals surface area contributed by atoms with Crippen LogP contribution in [0, 0.1) is 0 Å². The molecule has 3 aromatic rings. The average molecular weight is 390 g/mol. The van der Waals surface area contributed by atoms with Crippen molar-refractivity contribution in [2.75, 3.05) is 36.8 Å². The number of hydrogen-bond acceptors (Lipinski definition) is 7. The lowest BCUT2D eigenvalue weighted by Crippen LogP contribution is -2.46. The van der Waals surface area contributed by atoms with Gasteiger partial charge in [-0.25, -0.2) is 9.97 Å². The first-order valence-corrected chi connectivity index (χ1v) is 10.1. The lowest BCUT2D eigenvalue weighted by atomic mass is 10.2. The minimum atomic E-state index is 0.626. The number of benzene rings is 1. The number of rotatable bonds is 5. The molecule has 1 aliphatic rings. The summed E-state index contributed by atoms with van der Waals surface area (Å²) in [7, 11) is 0. The van der Waals surface area contributed by atoms with Crippen LogP contribution in [0.25, 0.3) is 11.1 Å². The van der Waals surface area contributed by atoms with Crippen molar-refractivity contribution in [3.8, 4) is 0 Å². The number of thioether (sulfide) groups is 1. The van der Waals surface area contributed by atoms with Crippen LogP contribution in [0.15, 0.2) is 40.2 Å². The van der Waals surface area contributed by atoms with E-state index in [2.05, 4.69) is 31.7 Å². The van der Waals surface area contributed by atoms with Crippen LogP contribution in [0.5, 0.6) is 0 Å². The highest BCUT2D eigenvalue weighted by atomic mass is 35.5. The van der Waals surface area contributed by atoms with Crippen LogP contribution >= 0.6 is 23.4 Å². The molecular formula is C18H20ClN5OS. The monoisotopic (exact) mass is 389 g/mol. The van der Waals surface area contributed by atoms with Gasteiger partial charge in [-0.05, 0) is 17.9 Å². The molecule has 0 amide bonds. The molecule has 8 heteroatoms. The summed E-state index contributed by atoms with van der Waals surface area (Å²) in [6.07, 6.45) is 3.86. The fourth-order valence-corrected chi connectivity index (χ4v) is 3.74. The van der Waals surface area contributed by atoms with Gasteiger partial charge in [-0.1, -0.05) is 36.4 Å². The molecule has 1 saturated heterocycles. The van der Waals surface area contributed by atoms with Gasteiger partial charge in [0.2, 0.25) is 0 Å². The van der Waals surface area contributed by atoms with Crippen molar-refractivity contribution >= 4 is 40.5 Å². The van der Waals surface area contributed by atoms with Crippen LogP contribution < -0.4 is 4.90 Å². The Morgan fingerprint density at radius 1 is 1.15 bits per heavy atom. The Balaban J connectivity index is 1.36. The Morgan fingerprint density at radius 2 is 1.92 bits per heavy atom. The summed E-state index contributed by atoms with van der Waals surface area (Å²) in [4.78, 5) is 17.9. The summed E-state index contributed by atoms with van der Waals surface area (Å²) in [6, 6.07) is 6.26. The molecular weight excluding hydrogens is 370 g/mol. The van der Waals surface area contributed by atoms with Crippen molar-refractivity contribution in [3.05, 3.63) is 41.2 Å². The molecule has 6 nitrogen and oxygen atoms in total. The SMILES string of the molecule is CCSc1ncc(CN2CCN(c3nc4c(Cl)cccc4o3)CC2)cn1. The lowest BCUT2D eigenvalue weighted by Gasteiger charge is -2.33. The van der Waals surface area contributed by atoms with Crippen molar-refractivity contribution in [1.29, 1.82) is 0 Å². The molecule has 136 valence electrons. The summed E-state index contributed by atoms with van der Waals surface area (Å²) < 4.78 is 5.87. The normalized spacial score (nSPS) is 15.7. The maximum Gasteiger partial charge on any atom is 0.298 e. The van der Waals surface area contributed by atoms with Gasteiger partial charge in [0.25, 0.3) is 6.01 Å². The number of halogens is 1. The molecule has 1 aliphatic heterocycles. The van der Waals surface area contributed by atoms with Gasteiger partial charge in [-0.3, -0.25) is 4.90 Å². The van der Waals surface area contributed by atoms with Gasteiger partial charge in [-0.15, -0.1) is 0 Å². The highest BCUT2D eigenvalue weighted by Crippen LogP contribution is 2.28. The van der Waals surface area contributed by atoms with Gasteiger partial charge in [-0.2, -0.15) is 4.98 Å². The second kappa shape index (κ2) is 7.82. The van der Waals surface area contributed by atoms with E-state index >= 15 is 0 Å². The van der Waals surface area contributed by atoms with E-state index in [1.54, 1.807) is 11.8 Å². The molecule has 1 aromatic carbocycles. The topological polar surface area (TPSA) is 58.3 Å². The third-order valence-electron chi connectivity index (χ3n) is 4.36. The van der Waals surface area contributed by atoms with Crippen molar-refractivity contribution in [2.24, 2.45) is 0 Å². The van der Waals surface area contributed by atoms with Gasteiger partial charge in [0.05, 0.1) is 5.02 Å². The summed E-state index contributed by atoms with van der Waals surface area (Å²) >= 11 is 7.85. The standard InChI is InChI=1S/C18H20ClN5OS/c1-2-26-17-20-10-13(11-21-17)12-23-6-8-24(9-7-23)18-22-16-14(19)4-3-5-15(16)25-18/h3-5,10-11H,2,6-9,12H2,1H3. The van der Waals surface area contributed by atoms with Crippen LogP contribution in [0.1, 0.15) is 12.5 Å². The van der Waals surface area contributed by atoms with Gasteiger partial charge in [0.15, 0.2) is 10.7 Å². The zero-order chi connectivity index (χ0) is 17.9. The zero-order valence-corrected chi connectivity index (χ0v) is 16.1. The number of aromatic nitrogens is 3. The number of anilines is 1. The Labute approximate surface area is 161 Å². The Hall–Kier alpha value is -1.83. The number of para-hydroxylation sites is 1. The van der Waals surface area contributed by atoms with Gasteiger partial charge >= 0.3 is 0 Å². The molecule has 0 atom stereocenters.